The molecule has 21 heavy (non-hydrogen) atoms. The van der Waals surface area contributed by atoms with Gasteiger partial charge in [0.2, 0.25) is 0 Å². The number of aromatic nitrogens is 1. The van der Waals surface area contributed by atoms with Crippen LogP contribution in [0.15, 0.2) is 42.6 Å². The lowest BCUT2D eigenvalue weighted by molar-refractivity contribution is 0.386. The summed E-state index contributed by atoms with van der Waals surface area (Å²) in [5.74, 6) is -0.116. The van der Waals surface area contributed by atoms with Crippen molar-refractivity contribution in [3.63, 3.8) is 0 Å². The molecule has 0 saturated heterocycles. The molecule has 0 fully saturated rings. The molecule has 0 N–H and O–H groups in total. The highest BCUT2D eigenvalue weighted by Crippen LogP contribution is 2.28. The summed E-state index contributed by atoms with van der Waals surface area (Å²) in [6.45, 7) is 4.12. The summed E-state index contributed by atoms with van der Waals surface area (Å²) in [4.78, 5) is 4.50. The van der Waals surface area contributed by atoms with Crippen molar-refractivity contribution < 1.29 is 9.13 Å². The fourth-order valence-electron chi connectivity index (χ4n) is 2.59. The summed E-state index contributed by atoms with van der Waals surface area (Å²) in [6, 6.07) is 11.2. The summed E-state index contributed by atoms with van der Waals surface area (Å²) in [5, 5.41) is 1.09. The number of ether oxygens (including phenoxy) is 1. The van der Waals surface area contributed by atoms with Crippen molar-refractivity contribution >= 4 is 10.9 Å². The van der Waals surface area contributed by atoms with Gasteiger partial charge in [0.15, 0.2) is 11.6 Å². The Morgan fingerprint density at radius 2 is 1.81 bits per heavy atom. The number of methoxy groups -OCH3 is 1. The second-order valence-electron chi connectivity index (χ2n) is 5.22. The highest BCUT2D eigenvalue weighted by atomic mass is 19.1. The molecule has 0 unspecified atom stereocenters. The van der Waals surface area contributed by atoms with Gasteiger partial charge in [-0.1, -0.05) is 12.1 Å². The van der Waals surface area contributed by atoms with Crippen molar-refractivity contribution in [1.29, 1.82) is 0 Å². The first kappa shape index (κ1) is 13.6. The average Bonchev–Trinajstić information content (AvgIpc) is 2.46. The fraction of sp³-hybridized carbons (Fsp3) is 0.167. The molecule has 0 atom stereocenters. The number of aryl methyl sites for hydroxylation is 2. The second kappa shape index (κ2) is 5.17. The molecular weight excluding hydrogens is 265 g/mol. The van der Waals surface area contributed by atoms with E-state index in [1.807, 2.05) is 6.07 Å². The molecule has 3 heteroatoms. The van der Waals surface area contributed by atoms with Gasteiger partial charge in [-0.25, -0.2) is 4.39 Å². The highest BCUT2D eigenvalue weighted by molar-refractivity contribution is 5.86. The number of hydrogen-bond donors (Lipinski definition) is 0. The van der Waals surface area contributed by atoms with Crippen molar-refractivity contribution in [2.45, 2.75) is 13.8 Å². The lowest BCUT2D eigenvalue weighted by Crippen LogP contribution is -1.90. The van der Waals surface area contributed by atoms with E-state index >= 15 is 0 Å². The van der Waals surface area contributed by atoms with Crippen LogP contribution in [0.5, 0.6) is 5.75 Å². The molecule has 0 aliphatic heterocycles. The monoisotopic (exact) mass is 281 g/mol. The molecule has 0 aliphatic carbocycles. The van der Waals surface area contributed by atoms with Gasteiger partial charge in [0, 0.05) is 17.1 Å². The lowest BCUT2D eigenvalue weighted by Gasteiger charge is -2.08. The van der Waals surface area contributed by atoms with E-state index in [2.05, 4.69) is 37.0 Å². The Morgan fingerprint density at radius 3 is 2.52 bits per heavy atom. The molecule has 2 aromatic carbocycles. The normalized spacial score (nSPS) is 10.9. The number of halogens is 1. The standard InChI is InChI=1S/C18H16FNO/c1-11-6-12(2)15-8-14(10-20-17(15)7-11)13-4-5-18(21-3)16(19)9-13/h4-10H,1-3H3. The van der Waals surface area contributed by atoms with Gasteiger partial charge in [0.25, 0.3) is 0 Å². The van der Waals surface area contributed by atoms with Gasteiger partial charge >= 0.3 is 0 Å². The average molecular weight is 281 g/mol. The third-order valence-corrected chi connectivity index (χ3v) is 3.64. The molecular formula is C18H16FNO. The van der Waals surface area contributed by atoms with E-state index in [0.29, 0.717) is 0 Å². The van der Waals surface area contributed by atoms with E-state index < -0.39 is 0 Å². The Hall–Kier alpha value is -2.42. The lowest BCUT2D eigenvalue weighted by atomic mass is 10.0. The predicted octanol–water partition coefficient (Wildman–Crippen LogP) is 4.67. The van der Waals surface area contributed by atoms with E-state index in [9.17, 15) is 4.39 Å². The summed E-state index contributed by atoms with van der Waals surface area (Å²) in [6.07, 6.45) is 1.78. The van der Waals surface area contributed by atoms with Crippen LogP contribution < -0.4 is 4.74 Å². The minimum Gasteiger partial charge on any atom is -0.494 e. The first-order valence-corrected chi connectivity index (χ1v) is 6.79. The number of pyridine rings is 1. The Kier molecular flexibility index (Phi) is 3.34. The van der Waals surface area contributed by atoms with Crippen molar-refractivity contribution in [2.75, 3.05) is 7.11 Å². The van der Waals surface area contributed by atoms with Crippen LogP contribution in [-0.2, 0) is 0 Å². The molecule has 0 spiro atoms. The van der Waals surface area contributed by atoms with Gasteiger partial charge in [-0.3, -0.25) is 4.98 Å². The number of nitrogens with zero attached hydrogens (tertiary/aromatic N) is 1. The van der Waals surface area contributed by atoms with Crippen LogP contribution in [0, 0.1) is 19.7 Å². The van der Waals surface area contributed by atoms with Crippen molar-refractivity contribution in [2.24, 2.45) is 0 Å². The second-order valence-corrected chi connectivity index (χ2v) is 5.22. The molecule has 2 nitrogen and oxygen atoms in total. The van der Waals surface area contributed by atoms with Crippen molar-refractivity contribution in [3.05, 3.63) is 59.5 Å². The smallest absolute Gasteiger partial charge is 0.165 e. The van der Waals surface area contributed by atoms with E-state index in [0.717, 1.165) is 22.0 Å². The van der Waals surface area contributed by atoms with Crippen molar-refractivity contribution in [1.82, 2.24) is 4.98 Å². The summed E-state index contributed by atoms with van der Waals surface area (Å²) in [5.41, 5.74) is 5.02. The van der Waals surface area contributed by atoms with Gasteiger partial charge in [-0.2, -0.15) is 0 Å². The minimum absolute atomic E-state index is 0.249. The van der Waals surface area contributed by atoms with Crippen molar-refractivity contribution in [3.8, 4) is 16.9 Å². The molecule has 106 valence electrons. The molecule has 1 aromatic heterocycles. The molecule has 3 aromatic rings. The Labute approximate surface area is 123 Å². The van der Waals surface area contributed by atoms with Crippen LogP contribution in [-0.4, -0.2) is 12.1 Å². The number of rotatable bonds is 2. The van der Waals surface area contributed by atoms with Crippen LogP contribution in [0.25, 0.3) is 22.0 Å². The largest absolute Gasteiger partial charge is 0.494 e. The topological polar surface area (TPSA) is 22.1 Å². The van der Waals surface area contributed by atoms with Gasteiger partial charge < -0.3 is 4.74 Å². The maximum absolute atomic E-state index is 13.8. The SMILES string of the molecule is COc1ccc(-c2cnc3cc(C)cc(C)c3c2)cc1F. The van der Waals surface area contributed by atoms with E-state index in [-0.39, 0.29) is 11.6 Å². The van der Waals surface area contributed by atoms with Gasteiger partial charge in [0.05, 0.1) is 12.6 Å². The van der Waals surface area contributed by atoms with Crippen LogP contribution in [0.4, 0.5) is 4.39 Å². The Balaban J connectivity index is 2.15. The summed E-state index contributed by atoms with van der Waals surface area (Å²) >= 11 is 0. The van der Waals surface area contributed by atoms with E-state index in [1.165, 1.54) is 24.3 Å². The Bertz CT molecular complexity index is 827. The molecule has 1 heterocycles. The van der Waals surface area contributed by atoms with Crippen LogP contribution in [0.3, 0.4) is 0 Å². The summed E-state index contributed by atoms with van der Waals surface area (Å²) < 4.78 is 18.8. The quantitative estimate of drug-likeness (QED) is 0.681. The summed E-state index contributed by atoms with van der Waals surface area (Å²) in [7, 11) is 1.46. The number of benzene rings is 2. The molecule has 0 radical (unpaired) electrons. The first-order chi connectivity index (χ1) is 10.1. The van der Waals surface area contributed by atoms with Gasteiger partial charge in [-0.15, -0.1) is 0 Å². The maximum atomic E-state index is 13.8. The van der Waals surface area contributed by atoms with Crippen LogP contribution >= 0.6 is 0 Å². The highest BCUT2D eigenvalue weighted by Gasteiger charge is 2.07. The minimum atomic E-state index is -0.365. The zero-order chi connectivity index (χ0) is 15.0. The Morgan fingerprint density at radius 1 is 1.00 bits per heavy atom. The third-order valence-electron chi connectivity index (χ3n) is 3.64. The van der Waals surface area contributed by atoms with Gasteiger partial charge in [0.1, 0.15) is 0 Å². The molecule has 0 amide bonds. The fourth-order valence-corrected chi connectivity index (χ4v) is 2.59. The molecule has 3 rings (SSSR count). The molecule has 0 bridgehead atoms. The molecule has 0 saturated carbocycles. The maximum Gasteiger partial charge on any atom is 0.165 e. The predicted molar refractivity (Wildman–Crippen MR) is 83.2 cm³/mol. The van der Waals surface area contributed by atoms with E-state index in [1.54, 1.807) is 12.3 Å². The van der Waals surface area contributed by atoms with Crippen LogP contribution in [0.1, 0.15) is 11.1 Å². The van der Waals surface area contributed by atoms with E-state index in [4.69, 9.17) is 4.74 Å². The van der Waals surface area contributed by atoms with Gasteiger partial charge in [-0.05, 0) is 54.8 Å². The number of hydrogen-bond acceptors (Lipinski definition) is 2. The van der Waals surface area contributed by atoms with Crippen LogP contribution in [0.2, 0.25) is 0 Å². The molecule has 0 aliphatic rings. The third kappa shape index (κ3) is 2.47. The number of fused-ring (bicyclic) bond motifs is 1. The zero-order valence-corrected chi connectivity index (χ0v) is 12.3. The first-order valence-electron chi connectivity index (χ1n) is 6.79. The zero-order valence-electron chi connectivity index (χ0n) is 12.3.